The molecule has 1 aliphatic heterocycles. The van der Waals surface area contributed by atoms with Crippen LogP contribution in [-0.2, 0) is 21.2 Å². The number of rotatable bonds is 7. The molecule has 34 heavy (non-hydrogen) atoms. The summed E-state index contributed by atoms with van der Waals surface area (Å²) in [5, 5.41) is 2.55. The lowest BCUT2D eigenvalue weighted by Gasteiger charge is -2.38. The van der Waals surface area contributed by atoms with Crippen molar-refractivity contribution in [3.8, 4) is 0 Å². The number of halogens is 1. The van der Waals surface area contributed by atoms with Gasteiger partial charge in [-0.15, -0.1) is 11.3 Å². The summed E-state index contributed by atoms with van der Waals surface area (Å²) >= 11 is 7.69. The molecule has 2 heterocycles. The topological polar surface area (TPSA) is 57.7 Å². The second-order valence-corrected chi connectivity index (χ2v) is 12.5. The molecule has 1 atom stereocenters. The quantitative estimate of drug-likeness (QED) is 0.430. The van der Waals surface area contributed by atoms with Gasteiger partial charge in [0.05, 0.1) is 17.5 Å². The number of sulfonamides is 1. The van der Waals surface area contributed by atoms with Crippen LogP contribution in [0.4, 0.5) is 0 Å². The van der Waals surface area contributed by atoms with E-state index in [9.17, 15) is 13.2 Å². The average molecular weight is 515 g/mol. The van der Waals surface area contributed by atoms with Crippen LogP contribution < -0.4 is 0 Å². The molecule has 1 fully saturated rings. The average Bonchev–Trinajstić information content (AvgIpc) is 3.51. The molecule has 1 aliphatic carbocycles. The van der Waals surface area contributed by atoms with Crippen molar-refractivity contribution in [2.24, 2.45) is 5.92 Å². The maximum Gasteiger partial charge on any atom is 0.243 e. The SMILES string of the molecule is Cc1ccccc1C1c2ccsc2CCN1C(=O)CN(CC1CC1)S(=O)(=O)c1ccc(Cl)cc1. The number of benzene rings is 2. The third-order valence-corrected chi connectivity index (χ3v) is 9.77. The van der Waals surface area contributed by atoms with E-state index in [-0.39, 0.29) is 23.4 Å². The molecule has 5 nitrogen and oxygen atoms in total. The Hall–Kier alpha value is -2.19. The number of thiophene rings is 1. The van der Waals surface area contributed by atoms with Gasteiger partial charge in [0.1, 0.15) is 0 Å². The van der Waals surface area contributed by atoms with Crippen molar-refractivity contribution in [2.75, 3.05) is 19.6 Å². The Balaban J connectivity index is 1.47. The molecule has 0 bridgehead atoms. The first kappa shape index (κ1) is 23.5. The molecule has 2 aromatic carbocycles. The van der Waals surface area contributed by atoms with Crippen LogP contribution in [-0.4, -0.2) is 43.2 Å². The van der Waals surface area contributed by atoms with E-state index in [1.54, 1.807) is 23.5 Å². The summed E-state index contributed by atoms with van der Waals surface area (Å²) in [4.78, 5) is 17.1. The molecule has 178 valence electrons. The van der Waals surface area contributed by atoms with Gasteiger partial charge in [0.2, 0.25) is 15.9 Å². The van der Waals surface area contributed by atoms with E-state index in [1.807, 2.05) is 17.0 Å². The predicted octanol–water partition coefficient (Wildman–Crippen LogP) is 5.28. The standard InChI is InChI=1S/C26H27ClN2O3S2/c1-18-4-2-3-5-22(18)26-23-13-15-33-24(23)12-14-29(26)25(30)17-28(16-19-6-7-19)34(31,32)21-10-8-20(27)9-11-21/h2-5,8-11,13,15,19,26H,6-7,12,14,16-17H2,1H3. The highest BCUT2D eigenvalue weighted by Gasteiger charge is 2.38. The molecule has 1 aromatic heterocycles. The van der Waals surface area contributed by atoms with Crippen LogP contribution in [0.25, 0.3) is 0 Å². The molecule has 0 spiro atoms. The van der Waals surface area contributed by atoms with Gasteiger partial charge in [-0.3, -0.25) is 4.79 Å². The summed E-state index contributed by atoms with van der Waals surface area (Å²) < 4.78 is 28.4. The lowest BCUT2D eigenvalue weighted by molar-refractivity contribution is -0.133. The van der Waals surface area contributed by atoms with Crippen LogP contribution in [0.5, 0.6) is 0 Å². The zero-order chi connectivity index (χ0) is 23.9. The summed E-state index contributed by atoms with van der Waals surface area (Å²) in [6, 6.07) is 16.2. The van der Waals surface area contributed by atoms with Gasteiger partial charge in [-0.05, 0) is 84.5 Å². The number of hydrogen-bond acceptors (Lipinski definition) is 4. The normalized spacial score (nSPS) is 18.2. The largest absolute Gasteiger partial charge is 0.330 e. The number of carbonyl (C=O) groups is 1. The molecule has 3 aromatic rings. The van der Waals surface area contributed by atoms with E-state index >= 15 is 0 Å². The molecule has 0 radical (unpaired) electrons. The fraction of sp³-hybridized carbons (Fsp3) is 0.346. The van der Waals surface area contributed by atoms with Crippen LogP contribution in [0.1, 0.15) is 40.5 Å². The molecule has 8 heteroatoms. The van der Waals surface area contributed by atoms with Crippen molar-refractivity contribution < 1.29 is 13.2 Å². The summed E-state index contributed by atoms with van der Waals surface area (Å²) in [5.41, 5.74) is 3.35. The van der Waals surface area contributed by atoms with Gasteiger partial charge in [0.25, 0.3) is 0 Å². The fourth-order valence-corrected chi connectivity index (χ4v) is 7.14. The van der Waals surface area contributed by atoms with E-state index in [2.05, 4.69) is 30.5 Å². The van der Waals surface area contributed by atoms with E-state index in [4.69, 9.17) is 11.6 Å². The van der Waals surface area contributed by atoms with Crippen LogP contribution in [0.3, 0.4) is 0 Å². The minimum atomic E-state index is -3.82. The Kier molecular flexibility index (Phi) is 6.55. The number of hydrogen-bond donors (Lipinski definition) is 0. The van der Waals surface area contributed by atoms with Gasteiger partial charge < -0.3 is 4.90 Å². The molecule has 5 rings (SSSR count). The van der Waals surface area contributed by atoms with Gasteiger partial charge in [0, 0.05) is 23.0 Å². The summed E-state index contributed by atoms with van der Waals surface area (Å²) in [6.45, 7) is 2.83. The minimum absolute atomic E-state index is 0.163. The number of amides is 1. The van der Waals surface area contributed by atoms with Crippen LogP contribution in [0.15, 0.2) is 64.9 Å². The van der Waals surface area contributed by atoms with Crippen molar-refractivity contribution in [1.82, 2.24) is 9.21 Å². The van der Waals surface area contributed by atoms with Crippen molar-refractivity contribution in [1.29, 1.82) is 0 Å². The van der Waals surface area contributed by atoms with Crippen molar-refractivity contribution in [2.45, 2.75) is 37.1 Å². The van der Waals surface area contributed by atoms with Gasteiger partial charge in [0.15, 0.2) is 0 Å². The molecule has 1 saturated carbocycles. The summed E-state index contributed by atoms with van der Waals surface area (Å²) in [7, 11) is -3.82. The number of nitrogens with zero attached hydrogens (tertiary/aromatic N) is 2. The third-order valence-electron chi connectivity index (χ3n) is 6.69. The Morgan fingerprint density at radius 3 is 2.53 bits per heavy atom. The molecular weight excluding hydrogens is 488 g/mol. The first-order chi connectivity index (χ1) is 16.3. The summed E-state index contributed by atoms with van der Waals surface area (Å²) in [6.07, 6.45) is 2.77. The molecule has 2 aliphatic rings. The fourth-order valence-electron chi connectivity index (χ4n) is 4.65. The Bertz CT molecular complexity index is 1300. The first-order valence-corrected chi connectivity index (χ1v) is 14.2. The zero-order valence-electron chi connectivity index (χ0n) is 19.0. The molecule has 0 saturated heterocycles. The van der Waals surface area contributed by atoms with Crippen LogP contribution in [0, 0.1) is 12.8 Å². The number of carbonyl (C=O) groups excluding carboxylic acids is 1. The zero-order valence-corrected chi connectivity index (χ0v) is 21.4. The van der Waals surface area contributed by atoms with Crippen LogP contribution >= 0.6 is 22.9 Å². The number of aryl methyl sites for hydroxylation is 1. The maximum atomic E-state index is 13.8. The van der Waals surface area contributed by atoms with Crippen molar-refractivity contribution in [3.63, 3.8) is 0 Å². The Morgan fingerprint density at radius 2 is 1.82 bits per heavy atom. The van der Waals surface area contributed by atoms with Crippen molar-refractivity contribution in [3.05, 3.63) is 86.6 Å². The molecule has 1 amide bonds. The number of fused-ring (bicyclic) bond motifs is 1. The smallest absolute Gasteiger partial charge is 0.243 e. The van der Waals surface area contributed by atoms with E-state index < -0.39 is 10.0 Å². The highest BCUT2D eigenvalue weighted by molar-refractivity contribution is 7.89. The Labute approximate surface area is 210 Å². The summed E-state index contributed by atoms with van der Waals surface area (Å²) in [5.74, 6) is 0.148. The molecule has 0 N–H and O–H groups in total. The van der Waals surface area contributed by atoms with E-state index in [0.717, 1.165) is 36.0 Å². The Morgan fingerprint density at radius 1 is 1.09 bits per heavy atom. The van der Waals surface area contributed by atoms with Gasteiger partial charge in [-0.2, -0.15) is 4.31 Å². The first-order valence-electron chi connectivity index (χ1n) is 11.5. The molecule has 1 unspecified atom stereocenters. The third kappa shape index (κ3) is 4.67. The van der Waals surface area contributed by atoms with Gasteiger partial charge in [-0.1, -0.05) is 35.9 Å². The second-order valence-electron chi connectivity index (χ2n) is 9.09. The van der Waals surface area contributed by atoms with Crippen molar-refractivity contribution >= 4 is 38.9 Å². The van der Waals surface area contributed by atoms with Gasteiger partial charge >= 0.3 is 0 Å². The van der Waals surface area contributed by atoms with E-state index in [0.29, 0.717) is 24.0 Å². The second kappa shape index (κ2) is 9.46. The minimum Gasteiger partial charge on any atom is -0.330 e. The predicted molar refractivity (Wildman–Crippen MR) is 136 cm³/mol. The maximum absolute atomic E-state index is 13.8. The van der Waals surface area contributed by atoms with Crippen LogP contribution in [0.2, 0.25) is 5.02 Å². The molecular formula is C26H27ClN2O3S2. The monoisotopic (exact) mass is 514 g/mol. The van der Waals surface area contributed by atoms with E-state index in [1.165, 1.54) is 21.3 Å². The highest BCUT2D eigenvalue weighted by Crippen LogP contribution is 2.39. The highest BCUT2D eigenvalue weighted by atomic mass is 35.5. The lowest BCUT2D eigenvalue weighted by atomic mass is 9.90. The lowest BCUT2D eigenvalue weighted by Crippen LogP contribution is -2.47. The van der Waals surface area contributed by atoms with Gasteiger partial charge in [-0.25, -0.2) is 8.42 Å².